The number of likely N-dealkylation sites (tertiary alicyclic amines) is 1. The van der Waals surface area contributed by atoms with E-state index in [0.29, 0.717) is 50.6 Å². The van der Waals surface area contributed by atoms with E-state index in [4.69, 9.17) is 9.15 Å². The summed E-state index contributed by atoms with van der Waals surface area (Å²) in [6.45, 7) is 2.32. The molecule has 0 bridgehead atoms. The second-order valence-electron chi connectivity index (χ2n) is 6.99. The van der Waals surface area contributed by atoms with Gasteiger partial charge in [0.05, 0.1) is 25.0 Å². The number of ether oxygens (including phenoxy) is 1. The van der Waals surface area contributed by atoms with Crippen LogP contribution in [0.3, 0.4) is 0 Å². The molecule has 3 heterocycles. The van der Waals surface area contributed by atoms with E-state index in [-0.39, 0.29) is 30.2 Å². The Labute approximate surface area is 162 Å². The average molecular weight is 387 g/mol. The monoisotopic (exact) mass is 387 g/mol. The highest BCUT2D eigenvalue weighted by molar-refractivity contribution is 5.91. The van der Waals surface area contributed by atoms with Gasteiger partial charge in [-0.25, -0.2) is 4.39 Å². The highest BCUT2D eigenvalue weighted by Gasteiger charge is 2.27. The molecule has 0 atom stereocenters. The van der Waals surface area contributed by atoms with E-state index in [1.165, 1.54) is 18.4 Å². The van der Waals surface area contributed by atoms with E-state index in [2.05, 4.69) is 5.32 Å². The minimum Gasteiger partial charge on any atom is -0.489 e. The van der Waals surface area contributed by atoms with Gasteiger partial charge < -0.3 is 24.3 Å². The second kappa shape index (κ2) is 7.92. The summed E-state index contributed by atoms with van der Waals surface area (Å²) in [6.07, 6.45) is 2.88. The normalized spacial score (nSPS) is 17.0. The molecule has 1 N–H and O–H groups in total. The first kappa shape index (κ1) is 18.3. The Morgan fingerprint density at radius 3 is 2.75 bits per heavy atom. The molecule has 7 nitrogen and oxygen atoms in total. The summed E-state index contributed by atoms with van der Waals surface area (Å²) in [5, 5.41) is 3.05. The van der Waals surface area contributed by atoms with Gasteiger partial charge in [0.25, 0.3) is 5.91 Å². The van der Waals surface area contributed by atoms with E-state index in [1.54, 1.807) is 23.1 Å². The number of amides is 2. The first-order chi connectivity index (χ1) is 13.6. The fourth-order valence-electron chi connectivity index (χ4n) is 3.64. The summed E-state index contributed by atoms with van der Waals surface area (Å²) in [5.41, 5.74) is 0.724. The number of hydrogen-bond donors (Lipinski definition) is 1. The van der Waals surface area contributed by atoms with Crippen molar-refractivity contribution >= 4 is 17.5 Å². The standard InChI is InChI=1S/C20H22FN3O4/c21-14-3-4-16-18(12-14)28-11-9-24(16)13-19(25)22-15-5-7-23(8-6-15)20(26)17-2-1-10-27-17/h1-4,10,12,15H,5-9,11,13H2,(H,22,25). The molecule has 0 unspecified atom stereocenters. The average Bonchev–Trinajstić information content (AvgIpc) is 3.23. The number of carbonyl (C=O) groups is 2. The Kier molecular flexibility index (Phi) is 5.18. The lowest BCUT2D eigenvalue weighted by molar-refractivity contribution is -0.120. The zero-order valence-corrected chi connectivity index (χ0v) is 15.4. The van der Waals surface area contributed by atoms with Crippen LogP contribution in [0.25, 0.3) is 0 Å². The molecule has 8 heteroatoms. The van der Waals surface area contributed by atoms with Crippen LogP contribution in [0, 0.1) is 5.82 Å². The Balaban J connectivity index is 1.28. The van der Waals surface area contributed by atoms with Crippen molar-refractivity contribution in [3.05, 3.63) is 48.2 Å². The van der Waals surface area contributed by atoms with Crippen molar-refractivity contribution < 1.29 is 23.1 Å². The molecule has 0 aliphatic carbocycles. The number of fused-ring (bicyclic) bond motifs is 1. The third-order valence-electron chi connectivity index (χ3n) is 5.10. The quantitative estimate of drug-likeness (QED) is 0.869. The van der Waals surface area contributed by atoms with Crippen molar-refractivity contribution in [3.63, 3.8) is 0 Å². The summed E-state index contributed by atoms with van der Waals surface area (Å²) < 4.78 is 24.0. The van der Waals surface area contributed by atoms with Gasteiger partial charge >= 0.3 is 0 Å². The first-order valence-corrected chi connectivity index (χ1v) is 9.39. The summed E-state index contributed by atoms with van der Waals surface area (Å²) in [7, 11) is 0. The summed E-state index contributed by atoms with van der Waals surface area (Å²) in [4.78, 5) is 28.4. The minimum absolute atomic E-state index is 0.0295. The molecule has 1 saturated heterocycles. The summed E-state index contributed by atoms with van der Waals surface area (Å²) >= 11 is 0. The maximum absolute atomic E-state index is 13.4. The Hall–Kier alpha value is -3.03. The number of rotatable bonds is 4. The molecule has 0 spiro atoms. The van der Waals surface area contributed by atoms with Crippen molar-refractivity contribution in [3.8, 4) is 5.75 Å². The SMILES string of the molecule is O=C(CN1CCOc2cc(F)ccc21)NC1CCN(C(=O)c2ccco2)CC1. The number of halogens is 1. The molecule has 4 rings (SSSR count). The van der Waals surface area contributed by atoms with Gasteiger partial charge in [-0.05, 0) is 37.1 Å². The topological polar surface area (TPSA) is 75.0 Å². The summed E-state index contributed by atoms with van der Waals surface area (Å²) in [5.74, 6) is 0.231. The lowest BCUT2D eigenvalue weighted by Crippen LogP contribution is -2.49. The number of benzene rings is 1. The molecule has 1 aromatic heterocycles. The maximum Gasteiger partial charge on any atom is 0.289 e. The number of furan rings is 1. The van der Waals surface area contributed by atoms with Crippen LogP contribution in [0.15, 0.2) is 41.0 Å². The Morgan fingerprint density at radius 1 is 1.18 bits per heavy atom. The number of piperidine rings is 1. The molecule has 2 aliphatic rings. The molecule has 0 radical (unpaired) electrons. The Bertz CT molecular complexity index is 847. The van der Waals surface area contributed by atoms with Gasteiger partial charge in [0.15, 0.2) is 5.76 Å². The second-order valence-corrected chi connectivity index (χ2v) is 6.99. The van der Waals surface area contributed by atoms with E-state index in [9.17, 15) is 14.0 Å². The Morgan fingerprint density at radius 2 is 2.00 bits per heavy atom. The molecule has 2 aliphatic heterocycles. The molecular formula is C20H22FN3O4. The van der Waals surface area contributed by atoms with Crippen LogP contribution in [0.1, 0.15) is 23.4 Å². The van der Waals surface area contributed by atoms with Gasteiger partial charge in [-0.1, -0.05) is 0 Å². The first-order valence-electron chi connectivity index (χ1n) is 9.39. The molecule has 148 valence electrons. The van der Waals surface area contributed by atoms with Gasteiger partial charge in [-0.2, -0.15) is 0 Å². The zero-order valence-electron chi connectivity index (χ0n) is 15.4. The highest BCUT2D eigenvalue weighted by Crippen LogP contribution is 2.31. The smallest absolute Gasteiger partial charge is 0.289 e. The van der Waals surface area contributed by atoms with Crippen molar-refractivity contribution in [1.29, 1.82) is 0 Å². The van der Waals surface area contributed by atoms with Crippen LogP contribution >= 0.6 is 0 Å². The number of hydrogen-bond acceptors (Lipinski definition) is 5. The lowest BCUT2D eigenvalue weighted by Gasteiger charge is -2.33. The predicted octanol–water partition coefficient (Wildman–Crippen LogP) is 2.04. The van der Waals surface area contributed by atoms with Crippen molar-refractivity contribution in [2.45, 2.75) is 18.9 Å². The van der Waals surface area contributed by atoms with Crippen LogP contribution in [-0.2, 0) is 4.79 Å². The van der Waals surface area contributed by atoms with Crippen LogP contribution in [0.5, 0.6) is 5.75 Å². The van der Waals surface area contributed by atoms with Gasteiger partial charge in [-0.15, -0.1) is 0 Å². The fraction of sp³-hybridized carbons (Fsp3) is 0.400. The third-order valence-corrected chi connectivity index (χ3v) is 5.10. The van der Waals surface area contributed by atoms with Crippen LogP contribution in [0.2, 0.25) is 0 Å². The van der Waals surface area contributed by atoms with E-state index < -0.39 is 0 Å². The fourth-order valence-corrected chi connectivity index (χ4v) is 3.64. The van der Waals surface area contributed by atoms with E-state index >= 15 is 0 Å². The van der Waals surface area contributed by atoms with E-state index in [1.807, 2.05) is 4.90 Å². The van der Waals surface area contributed by atoms with Crippen LogP contribution in [-0.4, -0.2) is 55.5 Å². The molecule has 0 saturated carbocycles. The molecule has 28 heavy (non-hydrogen) atoms. The van der Waals surface area contributed by atoms with Crippen molar-refractivity contribution in [2.75, 3.05) is 37.7 Å². The van der Waals surface area contributed by atoms with E-state index in [0.717, 1.165) is 5.69 Å². The number of nitrogens with one attached hydrogen (secondary N) is 1. The zero-order chi connectivity index (χ0) is 19.5. The van der Waals surface area contributed by atoms with Gasteiger partial charge in [-0.3, -0.25) is 9.59 Å². The predicted molar refractivity (Wildman–Crippen MR) is 99.9 cm³/mol. The van der Waals surface area contributed by atoms with Gasteiger partial charge in [0.1, 0.15) is 18.2 Å². The van der Waals surface area contributed by atoms with Crippen LogP contribution in [0.4, 0.5) is 10.1 Å². The molecular weight excluding hydrogens is 365 g/mol. The number of nitrogens with zero attached hydrogens (tertiary/aromatic N) is 2. The largest absolute Gasteiger partial charge is 0.489 e. The lowest BCUT2D eigenvalue weighted by atomic mass is 10.0. The van der Waals surface area contributed by atoms with Gasteiger partial charge in [0, 0.05) is 25.2 Å². The molecule has 2 aromatic rings. The maximum atomic E-state index is 13.4. The molecule has 2 amide bonds. The number of carbonyl (C=O) groups excluding carboxylic acids is 2. The van der Waals surface area contributed by atoms with Gasteiger partial charge in [0.2, 0.25) is 5.91 Å². The molecule has 1 aromatic carbocycles. The molecule has 1 fully saturated rings. The third kappa shape index (κ3) is 3.95. The highest BCUT2D eigenvalue weighted by atomic mass is 19.1. The number of anilines is 1. The summed E-state index contributed by atoms with van der Waals surface area (Å²) in [6, 6.07) is 7.72. The minimum atomic E-state index is -0.360. The van der Waals surface area contributed by atoms with Crippen molar-refractivity contribution in [2.24, 2.45) is 0 Å². The van der Waals surface area contributed by atoms with Crippen LogP contribution < -0.4 is 15.0 Å². The van der Waals surface area contributed by atoms with Crippen molar-refractivity contribution in [1.82, 2.24) is 10.2 Å².